The quantitative estimate of drug-likeness (QED) is 0.774. The molecular weight excluding hydrogens is 314 g/mol. The van der Waals surface area contributed by atoms with E-state index in [1.165, 1.54) is 5.69 Å². The van der Waals surface area contributed by atoms with Crippen molar-refractivity contribution in [3.63, 3.8) is 0 Å². The lowest BCUT2D eigenvalue weighted by molar-refractivity contribution is 0.276. The van der Waals surface area contributed by atoms with Gasteiger partial charge in [0.1, 0.15) is 0 Å². The zero-order valence-electron chi connectivity index (χ0n) is 13.1. The number of anilines is 1. The second-order valence-corrected chi connectivity index (χ2v) is 6.66. The molecule has 0 amide bonds. The molecule has 1 aliphatic heterocycles. The first-order valence-corrected chi connectivity index (χ1v) is 8.25. The normalized spacial score (nSPS) is 17.3. The monoisotopic (exact) mass is 333 g/mol. The van der Waals surface area contributed by atoms with Gasteiger partial charge in [-0.15, -0.1) is 0 Å². The van der Waals surface area contributed by atoms with E-state index >= 15 is 0 Å². The Morgan fingerprint density at radius 1 is 1.32 bits per heavy atom. The van der Waals surface area contributed by atoms with Gasteiger partial charge < -0.3 is 14.8 Å². The third-order valence-corrected chi connectivity index (χ3v) is 4.90. The number of benzene rings is 1. The number of halogens is 1. The van der Waals surface area contributed by atoms with Crippen LogP contribution in [0.15, 0.2) is 30.5 Å². The zero-order chi connectivity index (χ0) is 15.9. The van der Waals surface area contributed by atoms with Gasteiger partial charge in [0.05, 0.1) is 16.8 Å². The highest BCUT2D eigenvalue weighted by Crippen LogP contribution is 2.30. The number of rotatable bonds is 1. The van der Waals surface area contributed by atoms with Crippen LogP contribution in [0.25, 0.3) is 0 Å². The van der Waals surface area contributed by atoms with E-state index in [0.717, 1.165) is 35.0 Å². The standard InChI is InChI=1S/C17H20ClN3S/c1-11-9-12(2)16(14(18)10-11)19-17(22)21-8-7-20-6-4-5-15(20)13(21)3/h4-6,9-10,13H,7-8H2,1-3H3,(H,19,22)/t13-/m0/s1. The molecule has 1 aromatic heterocycles. The van der Waals surface area contributed by atoms with Crippen molar-refractivity contribution < 1.29 is 0 Å². The Morgan fingerprint density at radius 3 is 2.82 bits per heavy atom. The molecule has 22 heavy (non-hydrogen) atoms. The van der Waals surface area contributed by atoms with E-state index in [1.807, 2.05) is 13.0 Å². The number of fused-ring (bicyclic) bond motifs is 1. The minimum atomic E-state index is 0.258. The van der Waals surface area contributed by atoms with Gasteiger partial charge in [0.15, 0.2) is 5.11 Å². The SMILES string of the molecule is Cc1cc(C)c(NC(=S)N2CCn3cccc3[C@@H]2C)c(Cl)c1. The summed E-state index contributed by atoms with van der Waals surface area (Å²) in [6.07, 6.45) is 2.13. The average Bonchev–Trinajstić information content (AvgIpc) is 2.92. The van der Waals surface area contributed by atoms with Crippen LogP contribution in [-0.2, 0) is 6.54 Å². The lowest BCUT2D eigenvalue weighted by Crippen LogP contribution is -2.42. The van der Waals surface area contributed by atoms with Crippen molar-refractivity contribution in [2.24, 2.45) is 0 Å². The molecule has 2 heterocycles. The molecule has 5 heteroatoms. The number of hydrogen-bond donors (Lipinski definition) is 1. The first-order chi connectivity index (χ1) is 10.5. The number of nitrogens with zero attached hydrogens (tertiary/aromatic N) is 2. The first kappa shape index (κ1) is 15.4. The van der Waals surface area contributed by atoms with E-state index in [2.05, 4.69) is 53.0 Å². The maximum Gasteiger partial charge on any atom is 0.174 e. The molecule has 3 rings (SSSR count). The van der Waals surface area contributed by atoms with Gasteiger partial charge in [0, 0.05) is 25.0 Å². The Kier molecular flexibility index (Phi) is 4.15. The minimum Gasteiger partial charge on any atom is -0.348 e. The van der Waals surface area contributed by atoms with Gasteiger partial charge in [-0.1, -0.05) is 17.7 Å². The zero-order valence-corrected chi connectivity index (χ0v) is 14.6. The third-order valence-electron chi connectivity index (χ3n) is 4.27. The second-order valence-electron chi connectivity index (χ2n) is 5.86. The van der Waals surface area contributed by atoms with Crippen LogP contribution in [0.5, 0.6) is 0 Å². The van der Waals surface area contributed by atoms with Gasteiger partial charge in [-0.25, -0.2) is 0 Å². The highest BCUT2D eigenvalue weighted by molar-refractivity contribution is 7.80. The fraction of sp³-hybridized carbons (Fsp3) is 0.353. The van der Waals surface area contributed by atoms with Crippen molar-refractivity contribution in [1.82, 2.24) is 9.47 Å². The molecule has 0 bridgehead atoms. The molecule has 0 saturated carbocycles. The lowest BCUT2D eigenvalue weighted by atomic mass is 10.1. The van der Waals surface area contributed by atoms with E-state index in [0.29, 0.717) is 5.02 Å². The Hall–Kier alpha value is -1.52. The van der Waals surface area contributed by atoms with Gasteiger partial charge in [-0.2, -0.15) is 0 Å². The van der Waals surface area contributed by atoms with Crippen molar-refractivity contribution in [1.29, 1.82) is 0 Å². The summed E-state index contributed by atoms with van der Waals surface area (Å²) in [6.45, 7) is 8.13. The molecule has 0 unspecified atom stereocenters. The fourth-order valence-corrected chi connectivity index (χ4v) is 3.83. The number of aryl methyl sites for hydroxylation is 2. The van der Waals surface area contributed by atoms with Crippen LogP contribution in [0, 0.1) is 13.8 Å². The molecule has 1 aromatic carbocycles. The molecule has 1 aliphatic rings. The van der Waals surface area contributed by atoms with Crippen LogP contribution < -0.4 is 5.32 Å². The molecule has 0 spiro atoms. The molecule has 116 valence electrons. The summed E-state index contributed by atoms with van der Waals surface area (Å²) in [5, 5.41) is 4.79. The number of aromatic nitrogens is 1. The highest BCUT2D eigenvalue weighted by atomic mass is 35.5. The van der Waals surface area contributed by atoms with Crippen LogP contribution >= 0.6 is 23.8 Å². The number of hydrogen-bond acceptors (Lipinski definition) is 1. The first-order valence-electron chi connectivity index (χ1n) is 7.47. The Balaban J connectivity index is 1.82. The van der Waals surface area contributed by atoms with Crippen molar-refractivity contribution >= 4 is 34.6 Å². The Bertz CT molecular complexity index is 699. The number of thiocarbonyl (C=S) groups is 1. The molecular formula is C17H20ClN3S. The molecule has 1 atom stereocenters. The van der Waals surface area contributed by atoms with E-state index in [4.69, 9.17) is 23.8 Å². The largest absolute Gasteiger partial charge is 0.348 e. The average molecular weight is 334 g/mol. The number of nitrogens with one attached hydrogen (secondary N) is 1. The lowest BCUT2D eigenvalue weighted by Gasteiger charge is -2.37. The topological polar surface area (TPSA) is 20.2 Å². The van der Waals surface area contributed by atoms with Gasteiger partial charge in [-0.3, -0.25) is 0 Å². The molecule has 0 fully saturated rings. The molecule has 1 N–H and O–H groups in total. The van der Waals surface area contributed by atoms with Crippen LogP contribution in [0.3, 0.4) is 0 Å². The van der Waals surface area contributed by atoms with Gasteiger partial charge in [-0.05, 0) is 62.3 Å². The van der Waals surface area contributed by atoms with Crippen LogP contribution in [0.1, 0.15) is 29.8 Å². The van der Waals surface area contributed by atoms with E-state index in [1.54, 1.807) is 0 Å². The van der Waals surface area contributed by atoms with Crippen molar-refractivity contribution in [3.05, 3.63) is 52.3 Å². The Labute approximate surface area is 141 Å². The predicted molar refractivity (Wildman–Crippen MR) is 96.7 cm³/mol. The predicted octanol–water partition coefficient (Wildman–Crippen LogP) is 4.53. The van der Waals surface area contributed by atoms with Crippen LogP contribution in [-0.4, -0.2) is 21.1 Å². The van der Waals surface area contributed by atoms with Crippen molar-refractivity contribution in [2.75, 3.05) is 11.9 Å². The molecule has 0 radical (unpaired) electrons. The molecule has 0 aliphatic carbocycles. The minimum absolute atomic E-state index is 0.258. The second kappa shape index (κ2) is 5.94. The summed E-state index contributed by atoms with van der Waals surface area (Å²) in [6, 6.07) is 8.58. The van der Waals surface area contributed by atoms with Crippen LogP contribution in [0.4, 0.5) is 5.69 Å². The fourth-order valence-electron chi connectivity index (χ4n) is 3.11. The summed E-state index contributed by atoms with van der Waals surface area (Å²) in [5.41, 5.74) is 4.47. The van der Waals surface area contributed by atoms with E-state index < -0.39 is 0 Å². The van der Waals surface area contributed by atoms with Crippen molar-refractivity contribution in [3.8, 4) is 0 Å². The van der Waals surface area contributed by atoms with Gasteiger partial charge in [0.2, 0.25) is 0 Å². The summed E-state index contributed by atoms with van der Waals surface area (Å²) in [7, 11) is 0. The van der Waals surface area contributed by atoms with Gasteiger partial charge in [0.25, 0.3) is 0 Å². The van der Waals surface area contributed by atoms with E-state index in [9.17, 15) is 0 Å². The molecule has 3 nitrogen and oxygen atoms in total. The Morgan fingerprint density at radius 2 is 2.09 bits per heavy atom. The highest BCUT2D eigenvalue weighted by Gasteiger charge is 2.25. The third kappa shape index (κ3) is 2.73. The van der Waals surface area contributed by atoms with Gasteiger partial charge >= 0.3 is 0 Å². The smallest absolute Gasteiger partial charge is 0.174 e. The molecule has 0 saturated heterocycles. The maximum atomic E-state index is 6.37. The van der Waals surface area contributed by atoms with Crippen molar-refractivity contribution in [2.45, 2.75) is 33.4 Å². The summed E-state index contributed by atoms with van der Waals surface area (Å²) >= 11 is 12.0. The van der Waals surface area contributed by atoms with E-state index in [-0.39, 0.29) is 6.04 Å². The molecule has 2 aromatic rings. The van der Waals surface area contributed by atoms with Crippen LogP contribution in [0.2, 0.25) is 5.02 Å². The summed E-state index contributed by atoms with van der Waals surface area (Å²) in [5.74, 6) is 0. The summed E-state index contributed by atoms with van der Waals surface area (Å²) in [4.78, 5) is 2.22. The summed E-state index contributed by atoms with van der Waals surface area (Å²) < 4.78 is 2.29. The maximum absolute atomic E-state index is 6.37.